The predicted octanol–water partition coefficient (Wildman–Crippen LogP) is 4.29. The zero-order valence-corrected chi connectivity index (χ0v) is 17.0. The number of carbonyl (C=O) groups is 2. The van der Waals surface area contributed by atoms with Crippen LogP contribution in [-0.2, 0) is 16.1 Å². The van der Waals surface area contributed by atoms with E-state index in [1.807, 2.05) is 13.8 Å². The van der Waals surface area contributed by atoms with Crippen LogP contribution in [0.1, 0.15) is 19.4 Å². The molecule has 27 heavy (non-hydrogen) atoms. The molecule has 2 heterocycles. The third-order valence-electron chi connectivity index (χ3n) is 4.83. The van der Waals surface area contributed by atoms with Crippen LogP contribution >= 0.6 is 23.2 Å². The number of hydrogen-bond acceptors (Lipinski definition) is 4. The van der Waals surface area contributed by atoms with Gasteiger partial charge in [0.2, 0.25) is 0 Å². The van der Waals surface area contributed by atoms with E-state index in [9.17, 15) is 9.59 Å². The van der Waals surface area contributed by atoms with Crippen LogP contribution in [-0.4, -0.2) is 54.8 Å². The monoisotopic (exact) mass is 414 g/mol. The second-order valence-corrected chi connectivity index (χ2v) is 8.51. The van der Waals surface area contributed by atoms with Gasteiger partial charge in [-0.05, 0) is 29.7 Å². The summed E-state index contributed by atoms with van der Waals surface area (Å²) < 4.78 is 10.7. The highest BCUT2D eigenvalue weighted by Crippen LogP contribution is 2.32. The maximum Gasteiger partial charge on any atom is 0.410 e. The van der Waals surface area contributed by atoms with Gasteiger partial charge in [-0.1, -0.05) is 37.0 Å². The van der Waals surface area contributed by atoms with E-state index >= 15 is 0 Å². The topological polar surface area (TPSA) is 59.1 Å². The molecule has 2 fully saturated rings. The van der Waals surface area contributed by atoms with Crippen LogP contribution in [0.4, 0.5) is 9.59 Å². The van der Waals surface area contributed by atoms with Gasteiger partial charge in [0.05, 0.1) is 6.61 Å². The first kappa shape index (κ1) is 20.1. The average molecular weight is 415 g/mol. The quantitative estimate of drug-likeness (QED) is 0.737. The zero-order valence-electron chi connectivity index (χ0n) is 15.5. The van der Waals surface area contributed by atoms with Crippen LogP contribution in [0.15, 0.2) is 18.2 Å². The largest absolute Gasteiger partial charge is 0.449 e. The molecular weight excluding hydrogens is 391 g/mol. The molecule has 0 aromatic heterocycles. The van der Waals surface area contributed by atoms with Gasteiger partial charge in [0.15, 0.2) is 0 Å². The van der Waals surface area contributed by atoms with E-state index in [2.05, 4.69) is 0 Å². The number of ether oxygens (including phenoxy) is 2. The van der Waals surface area contributed by atoms with E-state index in [-0.39, 0.29) is 30.6 Å². The first-order chi connectivity index (χ1) is 12.8. The minimum atomic E-state index is -0.352. The molecule has 8 heteroatoms. The van der Waals surface area contributed by atoms with Crippen molar-refractivity contribution in [1.29, 1.82) is 0 Å². The molecule has 0 bridgehead atoms. The Hall–Kier alpha value is -1.66. The van der Waals surface area contributed by atoms with E-state index in [1.165, 1.54) is 0 Å². The molecule has 2 aliphatic rings. The molecule has 2 amide bonds. The standard InChI is InChI=1S/C19H24Cl2N2O4/c1-12(2)10-26-18(24)22-6-14-8-23(9-15(14)7-22)19(25)27-11-13-3-16(20)5-17(21)4-13/h3-5,12,14-15H,6-11H2,1-2H3. The minimum Gasteiger partial charge on any atom is -0.449 e. The van der Waals surface area contributed by atoms with Crippen molar-refractivity contribution in [2.24, 2.45) is 17.8 Å². The molecule has 3 rings (SSSR count). The van der Waals surface area contributed by atoms with Gasteiger partial charge in [0.25, 0.3) is 0 Å². The summed E-state index contributed by atoms with van der Waals surface area (Å²) in [6, 6.07) is 5.08. The molecule has 2 unspecified atom stereocenters. The fourth-order valence-electron chi connectivity index (χ4n) is 3.55. The number of benzene rings is 1. The first-order valence-electron chi connectivity index (χ1n) is 9.10. The van der Waals surface area contributed by atoms with Crippen LogP contribution < -0.4 is 0 Å². The Kier molecular flexibility index (Phi) is 6.37. The van der Waals surface area contributed by atoms with Gasteiger partial charge in [-0.25, -0.2) is 9.59 Å². The second-order valence-electron chi connectivity index (χ2n) is 7.63. The molecule has 2 saturated heterocycles. The van der Waals surface area contributed by atoms with Gasteiger partial charge < -0.3 is 19.3 Å². The molecule has 0 N–H and O–H groups in total. The first-order valence-corrected chi connectivity index (χ1v) is 9.85. The van der Waals surface area contributed by atoms with Crippen molar-refractivity contribution in [3.05, 3.63) is 33.8 Å². The lowest BCUT2D eigenvalue weighted by Gasteiger charge is -2.21. The maximum absolute atomic E-state index is 12.3. The van der Waals surface area contributed by atoms with Crippen LogP contribution in [0, 0.1) is 17.8 Å². The highest BCUT2D eigenvalue weighted by molar-refractivity contribution is 6.34. The van der Waals surface area contributed by atoms with Gasteiger partial charge >= 0.3 is 12.2 Å². The van der Waals surface area contributed by atoms with E-state index < -0.39 is 0 Å². The molecule has 0 radical (unpaired) electrons. The minimum absolute atomic E-state index is 0.124. The molecule has 2 aliphatic heterocycles. The van der Waals surface area contributed by atoms with Gasteiger partial charge in [-0.15, -0.1) is 0 Å². The third-order valence-corrected chi connectivity index (χ3v) is 5.26. The summed E-state index contributed by atoms with van der Waals surface area (Å²) in [5.74, 6) is 0.852. The van der Waals surface area contributed by atoms with E-state index in [1.54, 1.807) is 28.0 Å². The maximum atomic E-state index is 12.3. The van der Waals surface area contributed by atoms with Crippen LogP contribution in [0.5, 0.6) is 0 Å². The van der Waals surface area contributed by atoms with Crippen molar-refractivity contribution in [3.8, 4) is 0 Å². The number of amides is 2. The van der Waals surface area contributed by atoms with E-state index in [0.29, 0.717) is 48.7 Å². The highest BCUT2D eigenvalue weighted by atomic mass is 35.5. The van der Waals surface area contributed by atoms with Gasteiger partial charge in [0.1, 0.15) is 6.61 Å². The third kappa shape index (κ3) is 5.20. The predicted molar refractivity (Wildman–Crippen MR) is 103 cm³/mol. The van der Waals surface area contributed by atoms with Gasteiger partial charge in [-0.2, -0.15) is 0 Å². The van der Waals surface area contributed by atoms with Crippen molar-refractivity contribution in [1.82, 2.24) is 9.80 Å². The van der Waals surface area contributed by atoms with E-state index in [0.717, 1.165) is 5.56 Å². The molecule has 1 aromatic rings. The number of rotatable bonds is 4. The lowest BCUT2D eigenvalue weighted by Crippen LogP contribution is -2.36. The molecule has 0 spiro atoms. The lowest BCUT2D eigenvalue weighted by molar-refractivity contribution is 0.0896. The summed E-state index contributed by atoms with van der Waals surface area (Å²) in [7, 11) is 0. The summed E-state index contributed by atoms with van der Waals surface area (Å²) in [5, 5.41) is 1.02. The molecule has 2 atom stereocenters. The van der Waals surface area contributed by atoms with Crippen molar-refractivity contribution in [2.45, 2.75) is 20.5 Å². The summed E-state index contributed by atoms with van der Waals surface area (Å²) in [5.41, 5.74) is 0.749. The molecule has 0 aliphatic carbocycles. The fraction of sp³-hybridized carbons (Fsp3) is 0.579. The van der Waals surface area contributed by atoms with E-state index in [4.69, 9.17) is 32.7 Å². The molecule has 6 nitrogen and oxygen atoms in total. The van der Waals surface area contributed by atoms with Crippen LogP contribution in [0.2, 0.25) is 10.0 Å². The molecule has 148 valence electrons. The summed E-state index contributed by atoms with van der Waals surface area (Å²) in [6.45, 7) is 6.99. The zero-order chi connectivity index (χ0) is 19.6. The lowest BCUT2D eigenvalue weighted by atomic mass is 10.0. The normalized spacial score (nSPS) is 21.5. The summed E-state index contributed by atoms with van der Waals surface area (Å²) in [4.78, 5) is 27.9. The highest BCUT2D eigenvalue weighted by Gasteiger charge is 2.44. The Morgan fingerprint density at radius 2 is 1.44 bits per heavy atom. The van der Waals surface area contributed by atoms with Crippen molar-refractivity contribution >= 4 is 35.4 Å². The van der Waals surface area contributed by atoms with Gasteiger partial charge in [0, 0.05) is 48.1 Å². The fourth-order valence-corrected chi connectivity index (χ4v) is 4.12. The molecular formula is C19H24Cl2N2O4. The number of fused-ring (bicyclic) bond motifs is 1. The van der Waals surface area contributed by atoms with Crippen LogP contribution in [0.3, 0.4) is 0 Å². The summed E-state index contributed by atoms with van der Waals surface area (Å²) >= 11 is 11.9. The Morgan fingerprint density at radius 3 is 1.93 bits per heavy atom. The summed E-state index contributed by atoms with van der Waals surface area (Å²) in [6.07, 6.45) is -0.612. The number of nitrogens with zero attached hydrogens (tertiary/aromatic N) is 2. The Morgan fingerprint density at radius 1 is 0.963 bits per heavy atom. The SMILES string of the molecule is CC(C)COC(=O)N1CC2CN(C(=O)OCc3cc(Cl)cc(Cl)c3)CC2C1. The number of halogens is 2. The number of carbonyl (C=O) groups excluding carboxylic acids is 2. The average Bonchev–Trinajstić information content (AvgIpc) is 3.15. The van der Waals surface area contributed by atoms with Crippen molar-refractivity contribution in [2.75, 3.05) is 32.8 Å². The Balaban J connectivity index is 1.45. The number of hydrogen-bond donors (Lipinski definition) is 0. The van der Waals surface area contributed by atoms with Crippen LogP contribution in [0.25, 0.3) is 0 Å². The smallest absolute Gasteiger partial charge is 0.410 e. The van der Waals surface area contributed by atoms with Gasteiger partial charge in [-0.3, -0.25) is 0 Å². The Labute approximate surface area is 169 Å². The Bertz CT molecular complexity index is 679. The number of likely N-dealkylation sites (tertiary alicyclic amines) is 2. The molecule has 1 aromatic carbocycles. The molecule has 0 saturated carbocycles. The van der Waals surface area contributed by atoms with Crippen molar-refractivity contribution < 1.29 is 19.1 Å². The van der Waals surface area contributed by atoms with Crippen molar-refractivity contribution in [3.63, 3.8) is 0 Å². The second kappa shape index (κ2) is 8.57.